The van der Waals surface area contributed by atoms with Crippen molar-refractivity contribution in [1.82, 2.24) is 0 Å². The molecule has 7 nitrogen and oxygen atoms in total. The second-order valence-electron chi connectivity index (χ2n) is 4.98. The maximum absolute atomic E-state index is 11.8. The van der Waals surface area contributed by atoms with Crippen molar-refractivity contribution >= 4 is 22.1 Å². The summed E-state index contributed by atoms with van der Waals surface area (Å²) in [6, 6.07) is 0. The zero-order valence-electron chi connectivity index (χ0n) is 15.1. The second kappa shape index (κ2) is 12.0. The Balaban J connectivity index is -0.00000220. The molecule has 0 bridgehead atoms. The van der Waals surface area contributed by atoms with Crippen molar-refractivity contribution in [3.8, 4) is 0 Å². The van der Waals surface area contributed by atoms with Gasteiger partial charge in [-0.2, -0.15) is 8.42 Å². The van der Waals surface area contributed by atoms with E-state index in [1.165, 1.54) is 13.8 Å². The van der Waals surface area contributed by atoms with Crippen molar-refractivity contribution in [3.05, 3.63) is 12.7 Å². The number of ether oxygens (including phenoxy) is 2. The number of hydrogen-bond donors (Lipinski definition) is 1. The van der Waals surface area contributed by atoms with Gasteiger partial charge in [0.15, 0.2) is 6.10 Å². The summed E-state index contributed by atoms with van der Waals surface area (Å²) in [7, 11) is -4.45. The van der Waals surface area contributed by atoms with Gasteiger partial charge >= 0.3 is 41.5 Å². The van der Waals surface area contributed by atoms with Crippen LogP contribution in [0.1, 0.15) is 47.9 Å². The molecular weight excluding hydrogens is 335 g/mol. The van der Waals surface area contributed by atoms with Crippen LogP contribution in [0.15, 0.2) is 12.7 Å². The predicted octanol–water partition coefficient (Wildman–Crippen LogP) is -1.01. The molecule has 130 valence electrons. The second-order valence-corrected chi connectivity index (χ2v) is 6.75. The molecule has 0 rings (SSSR count). The Bertz CT molecular complexity index is 495. The summed E-state index contributed by atoms with van der Waals surface area (Å²) in [5, 5.41) is -1.42. The quantitative estimate of drug-likeness (QED) is 0.175. The van der Waals surface area contributed by atoms with Crippen LogP contribution in [0, 0.1) is 0 Å². The Morgan fingerprint density at radius 2 is 1.83 bits per heavy atom. The van der Waals surface area contributed by atoms with Gasteiger partial charge in [0.2, 0.25) is 0 Å². The molecule has 0 aromatic heterocycles. The van der Waals surface area contributed by atoms with Crippen LogP contribution in [0.4, 0.5) is 0 Å². The van der Waals surface area contributed by atoms with E-state index in [0.717, 1.165) is 18.9 Å². The zero-order chi connectivity index (χ0) is 17.3. The Morgan fingerprint density at radius 3 is 2.26 bits per heavy atom. The van der Waals surface area contributed by atoms with Gasteiger partial charge < -0.3 is 10.9 Å². The molecule has 0 radical (unpaired) electrons. The Hall–Kier alpha value is -0.410. The fraction of sp³-hybridized carbons (Fsp3) is 0.714. The molecule has 0 aliphatic carbocycles. The third-order valence-electron chi connectivity index (χ3n) is 3.12. The summed E-state index contributed by atoms with van der Waals surface area (Å²) < 4.78 is 41.7. The third kappa shape index (κ3) is 10.1. The molecule has 0 spiro atoms. The predicted molar refractivity (Wildman–Crippen MR) is 81.9 cm³/mol. The SMILES string of the molecule is C=CC(=O)OC(C)C(OC(=O)CCCCC)C(C)S(=O)(=O)O.[H-].[Na+]. The normalized spacial score (nSPS) is 14.8. The average molecular weight is 360 g/mol. The minimum atomic E-state index is -4.45. The third-order valence-corrected chi connectivity index (χ3v) is 4.32. The summed E-state index contributed by atoms with van der Waals surface area (Å²) in [5.74, 6) is -1.38. The largest absolute Gasteiger partial charge is 1.00 e. The monoisotopic (exact) mass is 360 g/mol. The van der Waals surface area contributed by atoms with Crippen molar-refractivity contribution in [3.63, 3.8) is 0 Å². The molecule has 0 aromatic rings. The van der Waals surface area contributed by atoms with E-state index in [1.807, 2.05) is 6.92 Å². The molecule has 3 atom stereocenters. The first-order valence-corrected chi connectivity index (χ1v) is 8.62. The van der Waals surface area contributed by atoms with Crippen LogP contribution in [-0.4, -0.2) is 42.4 Å². The van der Waals surface area contributed by atoms with Gasteiger partial charge in [-0.25, -0.2) is 4.79 Å². The van der Waals surface area contributed by atoms with Gasteiger partial charge in [0.1, 0.15) is 11.4 Å². The Kier molecular flexibility index (Phi) is 13.0. The van der Waals surface area contributed by atoms with E-state index in [9.17, 15) is 18.0 Å². The summed E-state index contributed by atoms with van der Waals surface area (Å²) in [6.07, 6.45) is 1.08. The van der Waals surface area contributed by atoms with Crippen LogP contribution in [0.5, 0.6) is 0 Å². The van der Waals surface area contributed by atoms with E-state index in [4.69, 9.17) is 14.0 Å². The van der Waals surface area contributed by atoms with Gasteiger partial charge in [-0.3, -0.25) is 9.35 Å². The number of hydrogen-bond acceptors (Lipinski definition) is 6. The molecule has 0 heterocycles. The zero-order valence-corrected chi connectivity index (χ0v) is 17.0. The van der Waals surface area contributed by atoms with Gasteiger partial charge in [-0.05, 0) is 20.3 Å². The summed E-state index contributed by atoms with van der Waals surface area (Å²) in [4.78, 5) is 23.0. The first kappa shape index (κ1) is 24.8. The molecule has 0 aliphatic rings. The fourth-order valence-corrected chi connectivity index (χ4v) is 2.39. The minimum absolute atomic E-state index is 0. The molecule has 1 N–H and O–H groups in total. The first-order chi connectivity index (χ1) is 10.1. The molecule has 3 unspecified atom stereocenters. The Morgan fingerprint density at radius 1 is 1.26 bits per heavy atom. The van der Waals surface area contributed by atoms with E-state index in [1.54, 1.807) is 0 Å². The van der Waals surface area contributed by atoms with Gasteiger partial charge in [-0.1, -0.05) is 26.3 Å². The maximum Gasteiger partial charge on any atom is 1.00 e. The van der Waals surface area contributed by atoms with Gasteiger partial charge in [0, 0.05) is 12.5 Å². The smallest absolute Gasteiger partial charge is 1.00 e. The summed E-state index contributed by atoms with van der Waals surface area (Å²) in [6.45, 7) is 7.77. The van der Waals surface area contributed by atoms with E-state index in [0.29, 0.717) is 6.42 Å². The van der Waals surface area contributed by atoms with E-state index in [2.05, 4.69) is 6.58 Å². The molecule has 0 saturated carbocycles. The molecule has 0 aromatic carbocycles. The van der Waals surface area contributed by atoms with Crippen LogP contribution >= 0.6 is 0 Å². The van der Waals surface area contributed by atoms with Crippen molar-refractivity contribution in [2.45, 2.75) is 63.9 Å². The molecule has 0 amide bonds. The average Bonchev–Trinajstić information content (AvgIpc) is 2.42. The van der Waals surface area contributed by atoms with Gasteiger partial charge in [-0.15, -0.1) is 0 Å². The van der Waals surface area contributed by atoms with Crippen LogP contribution in [0.2, 0.25) is 0 Å². The minimum Gasteiger partial charge on any atom is -1.00 e. The fourth-order valence-electron chi connectivity index (χ4n) is 1.77. The maximum atomic E-state index is 11.8. The van der Waals surface area contributed by atoms with E-state index >= 15 is 0 Å². The standard InChI is InChI=1S/C14H24O7S.Na.H/c1-5-7-8-9-13(16)21-14(11(4)22(17,18)19)10(3)20-12(15)6-2;;/h6,10-11,14H,2,5,7-9H2,1,3-4H3,(H,17,18,19);;/q;+1;-1. The molecule has 0 aliphatic heterocycles. The van der Waals surface area contributed by atoms with E-state index in [-0.39, 0.29) is 37.4 Å². The van der Waals surface area contributed by atoms with Crippen LogP contribution < -0.4 is 29.6 Å². The number of carbonyl (C=O) groups excluding carboxylic acids is 2. The summed E-state index contributed by atoms with van der Waals surface area (Å²) >= 11 is 0. The van der Waals surface area contributed by atoms with Crippen LogP contribution in [0.3, 0.4) is 0 Å². The van der Waals surface area contributed by atoms with Crippen molar-refractivity contribution in [2.75, 3.05) is 0 Å². The molecule has 23 heavy (non-hydrogen) atoms. The molecular formula is C14H25NaO7S. The topological polar surface area (TPSA) is 107 Å². The van der Waals surface area contributed by atoms with Crippen LogP contribution in [-0.2, 0) is 29.2 Å². The number of esters is 2. The van der Waals surface area contributed by atoms with Crippen molar-refractivity contribution in [2.24, 2.45) is 0 Å². The molecule has 0 saturated heterocycles. The molecule has 9 heteroatoms. The van der Waals surface area contributed by atoms with E-state index < -0.39 is 39.5 Å². The number of carbonyl (C=O) groups is 2. The van der Waals surface area contributed by atoms with Crippen molar-refractivity contribution in [1.29, 1.82) is 0 Å². The van der Waals surface area contributed by atoms with Crippen LogP contribution in [0.25, 0.3) is 0 Å². The Labute approximate surface area is 161 Å². The first-order valence-electron chi connectivity index (χ1n) is 7.12. The summed E-state index contributed by atoms with van der Waals surface area (Å²) in [5.41, 5.74) is 0. The van der Waals surface area contributed by atoms with Gasteiger partial charge in [0.05, 0.1) is 0 Å². The molecule has 0 fully saturated rings. The number of rotatable bonds is 10. The van der Waals surface area contributed by atoms with Crippen molar-refractivity contribution < 1.29 is 63.0 Å². The number of unbranched alkanes of at least 4 members (excludes halogenated alkanes) is 2. The van der Waals surface area contributed by atoms with Gasteiger partial charge in [0.25, 0.3) is 10.1 Å².